The van der Waals surface area contributed by atoms with Gasteiger partial charge in [0.2, 0.25) is 5.95 Å². The van der Waals surface area contributed by atoms with Gasteiger partial charge in [0.15, 0.2) is 0 Å². The van der Waals surface area contributed by atoms with Crippen molar-refractivity contribution in [2.24, 2.45) is 0 Å². The zero-order valence-electron chi connectivity index (χ0n) is 17.9. The highest BCUT2D eigenvalue weighted by molar-refractivity contribution is 6.46. The molecule has 6 aromatic rings. The number of fused-ring (bicyclic) bond motifs is 3. The van der Waals surface area contributed by atoms with E-state index in [-0.39, 0.29) is 7.48 Å². The maximum absolute atomic E-state index is 9.78. The Kier molecular flexibility index (Phi) is 4.74. The van der Waals surface area contributed by atoms with Crippen molar-refractivity contribution in [3.8, 4) is 28.5 Å². The van der Waals surface area contributed by atoms with E-state index in [0.29, 0.717) is 5.95 Å². The molecule has 4 aromatic carbocycles. The van der Waals surface area contributed by atoms with Crippen LogP contribution in [0, 0.1) is 0 Å². The largest absolute Gasteiger partial charge is 0.449 e. The molecular formula is C28H20BN3O. The number of benzene rings is 4. The van der Waals surface area contributed by atoms with E-state index in [1.54, 1.807) is 0 Å². The van der Waals surface area contributed by atoms with Gasteiger partial charge in [-0.3, -0.25) is 4.57 Å². The molecule has 0 radical (unpaired) electrons. The first-order chi connectivity index (χ1) is 16.3. The summed E-state index contributed by atoms with van der Waals surface area (Å²) in [5.74, 6) is 0.608. The van der Waals surface area contributed by atoms with E-state index in [0.717, 1.165) is 49.8 Å². The van der Waals surface area contributed by atoms with E-state index in [4.69, 9.17) is 9.97 Å². The summed E-state index contributed by atoms with van der Waals surface area (Å²) in [7, 11) is -0.0162. The molecule has 6 rings (SSSR count). The van der Waals surface area contributed by atoms with E-state index >= 15 is 0 Å². The molecule has 0 amide bonds. The van der Waals surface area contributed by atoms with Gasteiger partial charge in [0.25, 0.3) is 0 Å². The van der Waals surface area contributed by atoms with Gasteiger partial charge in [-0.05, 0) is 18.2 Å². The quantitative estimate of drug-likeness (QED) is 0.410. The van der Waals surface area contributed by atoms with Gasteiger partial charge in [0.1, 0.15) is 0 Å². The smallest absolute Gasteiger partial charge is 0.304 e. The Hall–Kier alpha value is -4.22. The minimum atomic E-state index is -0.0162. The van der Waals surface area contributed by atoms with Crippen molar-refractivity contribution < 1.29 is 5.02 Å². The van der Waals surface area contributed by atoms with Crippen LogP contribution in [0.5, 0.6) is 0 Å². The van der Waals surface area contributed by atoms with Crippen molar-refractivity contribution in [1.29, 1.82) is 0 Å². The van der Waals surface area contributed by atoms with E-state index < -0.39 is 0 Å². The highest BCUT2D eigenvalue weighted by atomic mass is 16.2. The molecule has 33 heavy (non-hydrogen) atoms. The second kappa shape index (κ2) is 8.04. The topological polar surface area (TPSA) is 50.9 Å². The standard InChI is InChI=1S/C28H20BN3O/c33-29-21-15-16-23-22-13-7-8-14-26(22)32(27(23)17-21)28-30-24(19-9-3-1-4-10-19)18-25(31-28)20-11-5-2-6-12-20/h1-18,29,33H. The van der Waals surface area contributed by atoms with Gasteiger partial charge in [-0.15, -0.1) is 0 Å². The number of nitrogens with zero attached hydrogens (tertiary/aromatic N) is 3. The van der Waals surface area contributed by atoms with Gasteiger partial charge in [-0.1, -0.05) is 96.5 Å². The Morgan fingerprint density at radius 2 is 1.15 bits per heavy atom. The average molecular weight is 425 g/mol. The fourth-order valence-electron chi connectivity index (χ4n) is 4.38. The maximum Gasteiger partial charge on any atom is 0.304 e. The maximum atomic E-state index is 9.78. The molecule has 0 aliphatic rings. The van der Waals surface area contributed by atoms with Crippen molar-refractivity contribution in [2.45, 2.75) is 0 Å². The molecule has 0 unspecified atom stereocenters. The van der Waals surface area contributed by atoms with Crippen LogP contribution < -0.4 is 5.46 Å². The SMILES string of the molecule is OBc1ccc2c3ccccc3n(-c3nc(-c4ccccc4)cc(-c4ccccc4)n3)c2c1. The normalized spacial score (nSPS) is 11.2. The summed E-state index contributed by atoms with van der Waals surface area (Å²) in [5, 5.41) is 12.0. The lowest BCUT2D eigenvalue weighted by Gasteiger charge is -2.12. The van der Waals surface area contributed by atoms with E-state index in [9.17, 15) is 5.02 Å². The molecule has 0 aliphatic carbocycles. The molecule has 0 aliphatic heterocycles. The Labute approximate surface area is 192 Å². The third-order valence-electron chi connectivity index (χ3n) is 5.97. The van der Waals surface area contributed by atoms with Crippen LogP contribution in [0.25, 0.3) is 50.3 Å². The summed E-state index contributed by atoms with van der Waals surface area (Å²) < 4.78 is 2.10. The first kappa shape index (κ1) is 19.5. The first-order valence-electron chi connectivity index (χ1n) is 10.9. The minimum absolute atomic E-state index is 0.0162. The molecule has 0 atom stereocenters. The highest BCUT2D eigenvalue weighted by Gasteiger charge is 2.17. The Morgan fingerprint density at radius 1 is 0.576 bits per heavy atom. The lowest BCUT2D eigenvalue weighted by Crippen LogP contribution is -2.13. The fraction of sp³-hybridized carbons (Fsp3) is 0. The predicted octanol–water partition coefficient (Wildman–Crippen LogP) is 4.88. The van der Waals surface area contributed by atoms with Crippen LogP contribution in [0.4, 0.5) is 0 Å². The van der Waals surface area contributed by atoms with Crippen LogP contribution in [-0.2, 0) is 0 Å². The van der Waals surface area contributed by atoms with Crippen LogP contribution in [0.2, 0.25) is 0 Å². The molecule has 0 saturated heterocycles. The zero-order chi connectivity index (χ0) is 22.2. The minimum Gasteiger partial charge on any atom is -0.449 e. The van der Waals surface area contributed by atoms with Crippen molar-refractivity contribution in [2.75, 3.05) is 0 Å². The van der Waals surface area contributed by atoms with Crippen molar-refractivity contribution in [3.05, 3.63) is 109 Å². The molecular weight excluding hydrogens is 405 g/mol. The zero-order valence-corrected chi connectivity index (χ0v) is 17.9. The average Bonchev–Trinajstić information content (AvgIpc) is 3.23. The number of para-hydroxylation sites is 1. The van der Waals surface area contributed by atoms with Crippen LogP contribution in [0.1, 0.15) is 0 Å². The molecule has 0 spiro atoms. The van der Waals surface area contributed by atoms with Gasteiger partial charge in [0.05, 0.1) is 22.4 Å². The van der Waals surface area contributed by atoms with Crippen LogP contribution >= 0.6 is 0 Å². The molecule has 1 N–H and O–H groups in total. The molecule has 4 nitrogen and oxygen atoms in total. The summed E-state index contributed by atoms with van der Waals surface area (Å²) in [6.45, 7) is 0. The molecule has 5 heteroatoms. The molecule has 2 heterocycles. The van der Waals surface area contributed by atoms with Gasteiger partial charge >= 0.3 is 7.48 Å². The first-order valence-corrected chi connectivity index (χ1v) is 10.9. The monoisotopic (exact) mass is 425 g/mol. The molecule has 0 bridgehead atoms. The molecule has 0 fully saturated rings. The summed E-state index contributed by atoms with van der Waals surface area (Å²) in [4.78, 5) is 10.0. The van der Waals surface area contributed by atoms with Gasteiger partial charge in [-0.2, -0.15) is 0 Å². The van der Waals surface area contributed by atoms with E-state index in [2.05, 4.69) is 47.0 Å². The fourth-order valence-corrected chi connectivity index (χ4v) is 4.38. The van der Waals surface area contributed by atoms with Crippen molar-refractivity contribution in [1.82, 2.24) is 14.5 Å². The molecule has 156 valence electrons. The number of rotatable bonds is 4. The predicted molar refractivity (Wildman–Crippen MR) is 136 cm³/mol. The van der Waals surface area contributed by atoms with E-state index in [1.165, 1.54) is 0 Å². The van der Waals surface area contributed by atoms with E-state index in [1.807, 2.05) is 66.7 Å². The second-order valence-corrected chi connectivity index (χ2v) is 8.03. The van der Waals surface area contributed by atoms with Gasteiger partial charge in [-0.25, -0.2) is 9.97 Å². The Morgan fingerprint density at radius 3 is 1.79 bits per heavy atom. The van der Waals surface area contributed by atoms with Crippen LogP contribution in [0.3, 0.4) is 0 Å². The third kappa shape index (κ3) is 3.39. The van der Waals surface area contributed by atoms with Crippen molar-refractivity contribution in [3.63, 3.8) is 0 Å². The Balaban J connectivity index is 1.70. The van der Waals surface area contributed by atoms with Gasteiger partial charge < -0.3 is 5.02 Å². The highest BCUT2D eigenvalue weighted by Crippen LogP contribution is 2.32. The third-order valence-corrected chi connectivity index (χ3v) is 5.97. The molecule has 2 aromatic heterocycles. The molecule has 0 saturated carbocycles. The second-order valence-electron chi connectivity index (χ2n) is 8.03. The summed E-state index contributed by atoms with van der Waals surface area (Å²) in [6.07, 6.45) is 0. The summed E-state index contributed by atoms with van der Waals surface area (Å²) >= 11 is 0. The number of hydrogen-bond acceptors (Lipinski definition) is 3. The van der Waals surface area contributed by atoms with Crippen LogP contribution in [-0.4, -0.2) is 27.0 Å². The van der Waals surface area contributed by atoms with Crippen LogP contribution in [0.15, 0.2) is 109 Å². The Bertz CT molecular complexity index is 1540. The van der Waals surface area contributed by atoms with Crippen molar-refractivity contribution >= 4 is 34.8 Å². The lowest BCUT2D eigenvalue weighted by molar-refractivity contribution is 0.615. The summed E-state index contributed by atoms with van der Waals surface area (Å²) in [6, 6.07) is 36.8. The number of aromatic nitrogens is 3. The number of hydrogen-bond donors (Lipinski definition) is 1. The lowest BCUT2D eigenvalue weighted by atomic mass is 9.88. The van der Waals surface area contributed by atoms with Gasteiger partial charge in [0, 0.05) is 21.9 Å². The summed E-state index contributed by atoms with van der Waals surface area (Å²) in [5.41, 5.74) is 6.67.